The van der Waals surface area contributed by atoms with Gasteiger partial charge in [-0.3, -0.25) is 0 Å². The summed E-state index contributed by atoms with van der Waals surface area (Å²) >= 11 is 0. The lowest BCUT2D eigenvalue weighted by atomic mass is 10.0. The van der Waals surface area contributed by atoms with Gasteiger partial charge in [0.2, 0.25) is 0 Å². The van der Waals surface area contributed by atoms with Crippen molar-refractivity contribution in [1.82, 2.24) is 0 Å². The molecule has 2 rings (SSSR count). The third-order valence-corrected chi connectivity index (χ3v) is 5.32. The number of allylic oxidation sites excluding steroid dienone is 1. The quantitative estimate of drug-likeness (QED) is 0.136. The maximum absolute atomic E-state index is 6.11. The molecule has 0 heterocycles. The normalized spacial score (nSPS) is 11.7. The predicted molar refractivity (Wildman–Crippen MR) is 134 cm³/mol. The van der Waals surface area contributed by atoms with E-state index in [0.717, 1.165) is 73.5 Å². The highest BCUT2D eigenvalue weighted by Gasteiger charge is 2.08. The molecule has 2 aromatic rings. The SMILES string of the molecule is C/C=C/COc1cc(C)c(OCCCCCc2cccc(/C(CCC)=N/OC)c2)c(C)c1. The number of aryl methyl sites for hydroxylation is 3. The molecule has 0 bridgehead atoms. The van der Waals surface area contributed by atoms with Crippen molar-refractivity contribution in [3.05, 3.63) is 70.8 Å². The standard InChI is InChI=1S/C28H39NO3/c1-6-8-17-31-26-19-22(3)28(23(4)20-26)32-18-11-9-10-14-24-15-12-16-25(21-24)27(13-7-2)29-30-5/h6,8,12,15-16,19-21H,7,9-11,13-14,17-18H2,1-5H3/b8-6+,29-27+. The van der Waals surface area contributed by atoms with Gasteiger partial charge in [-0.25, -0.2) is 0 Å². The van der Waals surface area contributed by atoms with Gasteiger partial charge < -0.3 is 14.3 Å². The van der Waals surface area contributed by atoms with Crippen LogP contribution in [0.2, 0.25) is 0 Å². The molecule has 0 amide bonds. The fourth-order valence-electron chi connectivity index (χ4n) is 3.74. The van der Waals surface area contributed by atoms with E-state index in [1.54, 1.807) is 7.11 Å². The molecule has 0 aliphatic rings. The van der Waals surface area contributed by atoms with Crippen LogP contribution in [-0.4, -0.2) is 26.0 Å². The summed E-state index contributed by atoms with van der Waals surface area (Å²) < 4.78 is 11.9. The van der Waals surface area contributed by atoms with Crippen molar-refractivity contribution in [1.29, 1.82) is 0 Å². The molecule has 0 unspecified atom stereocenters. The van der Waals surface area contributed by atoms with Crippen LogP contribution in [-0.2, 0) is 11.3 Å². The summed E-state index contributed by atoms with van der Waals surface area (Å²) in [4.78, 5) is 5.02. The number of hydrogen-bond acceptors (Lipinski definition) is 4. The Labute approximate surface area is 194 Å². The molecule has 4 heteroatoms. The van der Waals surface area contributed by atoms with Crippen molar-refractivity contribution in [3.63, 3.8) is 0 Å². The molecule has 0 N–H and O–H groups in total. The highest BCUT2D eigenvalue weighted by atomic mass is 16.6. The largest absolute Gasteiger partial charge is 0.493 e. The van der Waals surface area contributed by atoms with Crippen LogP contribution < -0.4 is 9.47 Å². The van der Waals surface area contributed by atoms with Gasteiger partial charge in [0.25, 0.3) is 0 Å². The lowest BCUT2D eigenvalue weighted by Crippen LogP contribution is -2.03. The molecule has 4 nitrogen and oxygen atoms in total. The minimum atomic E-state index is 0.595. The molecule has 0 spiro atoms. The van der Waals surface area contributed by atoms with Crippen LogP contribution in [0.15, 0.2) is 53.7 Å². The molecule has 174 valence electrons. The summed E-state index contributed by atoms with van der Waals surface area (Å²) in [5, 5.41) is 4.20. The van der Waals surface area contributed by atoms with E-state index in [4.69, 9.17) is 14.3 Å². The predicted octanol–water partition coefficient (Wildman–Crippen LogP) is 7.20. The molecule has 0 saturated carbocycles. The van der Waals surface area contributed by atoms with Gasteiger partial charge >= 0.3 is 0 Å². The van der Waals surface area contributed by atoms with E-state index in [2.05, 4.69) is 62.3 Å². The fraction of sp³-hybridized carbons (Fsp3) is 0.464. The Hall–Kier alpha value is -2.75. The molecule has 32 heavy (non-hydrogen) atoms. The Morgan fingerprint density at radius 2 is 1.78 bits per heavy atom. The van der Waals surface area contributed by atoms with Gasteiger partial charge in [-0.15, -0.1) is 0 Å². The third-order valence-electron chi connectivity index (χ3n) is 5.32. The third kappa shape index (κ3) is 8.41. The van der Waals surface area contributed by atoms with Crippen molar-refractivity contribution in [2.45, 2.75) is 66.2 Å². The molecule has 2 aromatic carbocycles. The van der Waals surface area contributed by atoms with Crippen LogP contribution in [0, 0.1) is 13.8 Å². The number of oxime groups is 1. The van der Waals surface area contributed by atoms with Crippen LogP contribution in [0.4, 0.5) is 0 Å². The summed E-state index contributed by atoms with van der Waals surface area (Å²) in [5.74, 6) is 1.88. The topological polar surface area (TPSA) is 40.0 Å². The first-order chi connectivity index (χ1) is 15.6. The Bertz CT molecular complexity index is 863. The molecule has 0 aliphatic carbocycles. The molecule has 0 aliphatic heterocycles. The maximum Gasteiger partial charge on any atom is 0.125 e. The van der Waals surface area contributed by atoms with E-state index in [1.165, 1.54) is 11.1 Å². The van der Waals surface area contributed by atoms with Crippen LogP contribution in [0.3, 0.4) is 0 Å². The summed E-state index contributed by atoms with van der Waals surface area (Å²) in [7, 11) is 1.61. The molecular weight excluding hydrogens is 398 g/mol. The lowest BCUT2D eigenvalue weighted by Gasteiger charge is -2.14. The number of hydrogen-bond donors (Lipinski definition) is 0. The van der Waals surface area contributed by atoms with Crippen molar-refractivity contribution < 1.29 is 14.3 Å². The zero-order valence-corrected chi connectivity index (χ0v) is 20.4. The van der Waals surface area contributed by atoms with Crippen molar-refractivity contribution >= 4 is 5.71 Å². The zero-order chi connectivity index (χ0) is 23.2. The van der Waals surface area contributed by atoms with E-state index in [-0.39, 0.29) is 0 Å². The average Bonchev–Trinajstić information content (AvgIpc) is 2.78. The Kier molecular flexibility index (Phi) is 11.4. The molecule has 0 radical (unpaired) electrons. The second-order valence-electron chi connectivity index (χ2n) is 8.10. The maximum atomic E-state index is 6.11. The van der Waals surface area contributed by atoms with E-state index in [0.29, 0.717) is 6.61 Å². The highest BCUT2D eigenvalue weighted by molar-refractivity contribution is 6.00. The number of nitrogens with zero attached hydrogens (tertiary/aromatic N) is 1. The Morgan fingerprint density at radius 3 is 2.47 bits per heavy atom. The minimum absolute atomic E-state index is 0.595. The summed E-state index contributed by atoms with van der Waals surface area (Å²) in [6, 6.07) is 12.8. The number of ether oxygens (including phenoxy) is 2. The van der Waals surface area contributed by atoms with Gasteiger partial charge in [0, 0.05) is 0 Å². The van der Waals surface area contributed by atoms with E-state index >= 15 is 0 Å². The van der Waals surface area contributed by atoms with Crippen LogP contribution in [0.5, 0.6) is 11.5 Å². The van der Waals surface area contributed by atoms with Gasteiger partial charge in [-0.05, 0) is 93.3 Å². The average molecular weight is 438 g/mol. The van der Waals surface area contributed by atoms with Gasteiger partial charge in [-0.1, -0.05) is 48.9 Å². The number of unbranched alkanes of at least 4 members (excludes halogenated alkanes) is 2. The summed E-state index contributed by atoms with van der Waals surface area (Å²) in [6.45, 7) is 9.65. The van der Waals surface area contributed by atoms with Gasteiger partial charge in [0.05, 0.1) is 12.3 Å². The molecular formula is C28H39NO3. The van der Waals surface area contributed by atoms with Gasteiger partial charge in [-0.2, -0.15) is 0 Å². The second-order valence-corrected chi connectivity index (χ2v) is 8.10. The highest BCUT2D eigenvalue weighted by Crippen LogP contribution is 2.28. The summed E-state index contributed by atoms with van der Waals surface area (Å²) in [6.07, 6.45) is 10.4. The first-order valence-corrected chi connectivity index (χ1v) is 11.8. The smallest absolute Gasteiger partial charge is 0.125 e. The summed E-state index contributed by atoms with van der Waals surface area (Å²) in [5.41, 5.74) is 5.78. The van der Waals surface area contributed by atoms with E-state index < -0.39 is 0 Å². The first kappa shape index (κ1) is 25.5. The van der Waals surface area contributed by atoms with Crippen molar-refractivity contribution in [2.24, 2.45) is 5.16 Å². The molecule has 0 fully saturated rings. The Balaban J connectivity index is 1.78. The van der Waals surface area contributed by atoms with Gasteiger partial charge in [0.15, 0.2) is 0 Å². The zero-order valence-electron chi connectivity index (χ0n) is 20.4. The van der Waals surface area contributed by atoms with Crippen molar-refractivity contribution in [2.75, 3.05) is 20.3 Å². The fourth-order valence-corrected chi connectivity index (χ4v) is 3.74. The Morgan fingerprint density at radius 1 is 1.00 bits per heavy atom. The lowest BCUT2D eigenvalue weighted by molar-refractivity contribution is 0.213. The number of rotatable bonds is 14. The van der Waals surface area contributed by atoms with Crippen LogP contribution in [0.1, 0.15) is 68.2 Å². The second kappa shape index (κ2) is 14.3. The monoisotopic (exact) mass is 437 g/mol. The number of benzene rings is 2. The minimum Gasteiger partial charge on any atom is -0.493 e. The first-order valence-electron chi connectivity index (χ1n) is 11.8. The van der Waals surface area contributed by atoms with Crippen LogP contribution >= 0.6 is 0 Å². The van der Waals surface area contributed by atoms with E-state index in [1.807, 2.05) is 19.1 Å². The van der Waals surface area contributed by atoms with Crippen LogP contribution in [0.25, 0.3) is 0 Å². The van der Waals surface area contributed by atoms with Crippen molar-refractivity contribution in [3.8, 4) is 11.5 Å². The van der Waals surface area contributed by atoms with Gasteiger partial charge in [0.1, 0.15) is 25.2 Å². The molecule has 0 atom stereocenters. The van der Waals surface area contributed by atoms with E-state index in [9.17, 15) is 0 Å². The molecule has 0 saturated heterocycles. The molecule has 0 aromatic heterocycles.